The number of fused-ring (bicyclic) bond motifs is 12. The number of rotatable bonds is 3. The van der Waals surface area contributed by atoms with Crippen molar-refractivity contribution in [1.29, 1.82) is 0 Å². The second-order valence-electron chi connectivity index (χ2n) is 14.9. The van der Waals surface area contributed by atoms with Crippen molar-refractivity contribution < 1.29 is 0 Å². The Morgan fingerprint density at radius 2 is 0.808 bits per heavy atom. The highest BCUT2D eigenvalue weighted by atomic mass is 28.3. The van der Waals surface area contributed by atoms with Crippen molar-refractivity contribution in [3.8, 4) is 39.1 Å². The average Bonchev–Trinajstić information content (AvgIpc) is 3.65. The number of benzene rings is 9. The van der Waals surface area contributed by atoms with Gasteiger partial charge in [0.25, 0.3) is 0 Å². The molecule has 0 unspecified atom stereocenters. The number of para-hydroxylation sites is 1. The number of hydrogen-bond acceptors (Lipinski definition) is 0. The van der Waals surface area contributed by atoms with Crippen molar-refractivity contribution in [1.82, 2.24) is 4.57 Å². The highest BCUT2D eigenvalue weighted by Gasteiger charge is 2.37. The lowest BCUT2D eigenvalue weighted by atomic mass is 9.92. The molecule has 1 aliphatic heterocycles. The molecule has 0 radical (unpaired) electrons. The Labute approximate surface area is 304 Å². The third-order valence-corrected chi connectivity index (χ3v) is 15.3. The maximum Gasteiger partial charge on any atom is 0.113 e. The van der Waals surface area contributed by atoms with E-state index >= 15 is 0 Å². The van der Waals surface area contributed by atoms with E-state index in [0.717, 1.165) is 0 Å². The van der Waals surface area contributed by atoms with E-state index in [2.05, 4.69) is 194 Å². The van der Waals surface area contributed by atoms with E-state index in [1.807, 2.05) is 0 Å². The molecule has 0 saturated heterocycles. The SMILES string of the molecule is C[Si]1(C)c2ccccc2-c2ccc(-c3ccc(-n4c5ccccc5c5ccc(-c6ccc7c8ccccc8c8ccccc8c7c6)cc54)cc3)cc21. The van der Waals surface area contributed by atoms with E-state index in [1.54, 1.807) is 10.4 Å². The Morgan fingerprint density at radius 3 is 1.54 bits per heavy atom. The third-order valence-electron chi connectivity index (χ3n) is 11.8. The normalized spacial score (nSPS) is 13.3. The number of hydrogen-bond donors (Lipinski definition) is 0. The molecular formula is C50H35NSi. The topological polar surface area (TPSA) is 4.93 Å². The Balaban J connectivity index is 1.04. The van der Waals surface area contributed by atoms with Gasteiger partial charge in [-0.2, -0.15) is 0 Å². The molecule has 1 aromatic heterocycles. The predicted octanol–water partition coefficient (Wildman–Crippen LogP) is 12.4. The highest BCUT2D eigenvalue weighted by Crippen LogP contribution is 2.40. The predicted molar refractivity (Wildman–Crippen MR) is 226 cm³/mol. The minimum Gasteiger partial charge on any atom is -0.309 e. The van der Waals surface area contributed by atoms with Gasteiger partial charge in [-0.1, -0.05) is 159 Å². The molecule has 0 atom stereocenters. The molecule has 244 valence electrons. The van der Waals surface area contributed by atoms with Crippen molar-refractivity contribution in [2.24, 2.45) is 0 Å². The van der Waals surface area contributed by atoms with Crippen LogP contribution < -0.4 is 10.4 Å². The van der Waals surface area contributed by atoms with Gasteiger partial charge in [0.05, 0.1) is 11.0 Å². The average molecular weight is 678 g/mol. The zero-order valence-electron chi connectivity index (χ0n) is 29.2. The zero-order chi connectivity index (χ0) is 34.6. The van der Waals surface area contributed by atoms with Crippen molar-refractivity contribution in [3.05, 3.63) is 176 Å². The largest absolute Gasteiger partial charge is 0.309 e. The van der Waals surface area contributed by atoms with Gasteiger partial charge in [-0.15, -0.1) is 0 Å². The lowest BCUT2D eigenvalue weighted by Gasteiger charge is -2.19. The molecule has 0 bridgehead atoms. The van der Waals surface area contributed by atoms with E-state index in [9.17, 15) is 0 Å². The molecule has 0 fully saturated rings. The van der Waals surface area contributed by atoms with Gasteiger partial charge in [0.15, 0.2) is 0 Å². The van der Waals surface area contributed by atoms with E-state index in [1.165, 1.54) is 93.2 Å². The van der Waals surface area contributed by atoms with Crippen LogP contribution in [0.2, 0.25) is 13.1 Å². The summed E-state index contributed by atoms with van der Waals surface area (Å²) < 4.78 is 2.44. The van der Waals surface area contributed by atoms with E-state index in [0.29, 0.717) is 0 Å². The van der Waals surface area contributed by atoms with Crippen molar-refractivity contribution in [2.75, 3.05) is 0 Å². The molecule has 0 aliphatic carbocycles. The molecule has 10 aromatic rings. The minimum atomic E-state index is -1.74. The summed E-state index contributed by atoms with van der Waals surface area (Å²) in [7, 11) is -1.74. The number of nitrogens with zero attached hydrogens (tertiary/aromatic N) is 1. The molecule has 0 spiro atoms. The summed E-state index contributed by atoms with van der Waals surface area (Å²) >= 11 is 0. The third kappa shape index (κ3) is 4.16. The van der Waals surface area contributed by atoms with Gasteiger partial charge >= 0.3 is 0 Å². The molecule has 1 nitrogen and oxygen atoms in total. The number of aromatic nitrogens is 1. The summed E-state index contributed by atoms with van der Waals surface area (Å²) in [4.78, 5) is 0. The fourth-order valence-corrected chi connectivity index (χ4v) is 12.3. The monoisotopic (exact) mass is 677 g/mol. The van der Waals surface area contributed by atoms with Crippen molar-refractivity contribution >= 4 is 72.6 Å². The van der Waals surface area contributed by atoms with E-state index in [4.69, 9.17) is 0 Å². The summed E-state index contributed by atoms with van der Waals surface area (Å²) in [6.07, 6.45) is 0. The first kappa shape index (κ1) is 29.5. The van der Waals surface area contributed by atoms with Crippen LogP contribution in [0.1, 0.15) is 0 Å². The van der Waals surface area contributed by atoms with Crippen LogP contribution >= 0.6 is 0 Å². The second kappa shape index (κ2) is 10.9. The van der Waals surface area contributed by atoms with Crippen LogP contribution in [-0.4, -0.2) is 12.6 Å². The summed E-state index contributed by atoms with van der Waals surface area (Å²) in [5, 5.41) is 13.4. The molecule has 0 N–H and O–H groups in total. The molecule has 2 heteroatoms. The molecular weight excluding hydrogens is 643 g/mol. The zero-order valence-corrected chi connectivity index (χ0v) is 30.2. The lowest BCUT2D eigenvalue weighted by molar-refractivity contribution is 1.18. The molecule has 11 rings (SSSR count). The van der Waals surface area contributed by atoms with Crippen LogP contribution in [0.25, 0.3) is 93.2 Å². The van der Waals surface area contributed by atoms with Crippen LogP contribution in [0.15, 0.2) is 176 Å². The van der Waals surface area contributed by atoms with Crippen LogP contribution in [-0.2, 0) is 0 Å². The smallest absolute Gasteiger partial charge is 0.113 e. The first-order valence-electron chi connectivity index (χ1n) is 18.3. The summed E-state index contributed by atoms with van der Waals surface area (Å²) in [5.41, 5.74) is 11.5. The fraction of sp³-hybridized carbons (Fsp3) is 0.0400. The van der Waals surface area contributed by atoms with Gasteiger partial charge in [0.2, 0.25) is 0 Å². The Morgan fingerprint density at radius 1 is 0.327 bits per heavy atom. The van der Waals surface area contributed by atoms with E-state index < -0.39 is 8.07 Å². The Hall–Kier alpha value is -6.22. The quantitative estimate of drug-likeness (QED) is 0.130. The van der Waals surface area contributed by atoms with E-state index in [-0.39, 0.29) is 0 Å². The van der Waals surface area contributed by atoms with Crippen LogP contribution in [0.4, 0.5) is 0 Å². The lowest BCUT2D eigenvalue weighted by Crippen LogP contribution is -2.49. The maximum absolute atomic E-state index is 2.49. The summed E-state index contributed by atoms with van der Waals surface area (Å²) in [5.74, 6) is 0. The molecule has 1 aliphatic rings. The second-order valence-corrected chi connectivity index (χ2v) is 19.2. The molecule has 9 aromatic carbocycles. The van der Waals surface area contributed by atoms with Crippen molar-refractivity contribution in [2.45, 2.75) is 13.1 Å². The Kier molecular flexibility index (Phi) is 6.18. The highest BCUT2D eigenvalue weighted by molar-refractivity contribution is 7.03. The molecule has 0 amide bonds. The van der Waals surface area contributed by atoms with Gasteiger partial charge < -0.3 is 4.57 Å². The first-order chi connectivity index (χ1) is 25.5. The van der Waals surface area contributed by atoms with Gasteiger partial charge in [-0.05, 0) is 106 Å². The Bertz CT molecular complexity index is 3050. The van der Waals surface area contributed by atoms with Crippen molar-refractivity contribution in [3.63, 3.8) is 0 Å². The maximum atomic E-state index is 2.49. The molecule has 52 heavy (non-hydrogen) atoms. The summed E-state index contributed by atoms with van der Waals surface area (Å²) in [6, 6.07) is 65.8. The minimum absolute atomic E-state index is 1.17. The standard InChI is InChI=1S/C50H35NSi/c1-52(2)49-18-10-8-16-44(49)45-28-23-35(31-50(45)52)32-19-24-36(25-20-32)51-47-17-9-7-15-42(47)43-27-22-34(30-48(43)51)33-21-26-41-39-13-4-3-11-37(39)38-12-5-6-14-40(38)46(41)29-33/h3-31H,1-2H3. The fourth-order valence-electron chi connectivity index (χ4n) is 9.20. The van der Waals surface area contributed by atoms with Crippen LogP contribution in [0, 0.1) is 0 Å². The van der Waals surface area contributed by atoms with Gasteiger partial charge in [0.1, 0.15) is 8.07 Å². The van der Waals surface area contributed by atoms with Gasteiger partial charge in [-0.25, -0.2) is 0 Å². The molecule has 0 saturated carbocycles. The van der Waals surface area contributed by atoms with Crippen LogP contribution in [0.5, 0.6) is 0 Å². The van der Waals surface area contributed by atoms with Crippen LogP contribution in [0.3, 0.4) is 0 Å². The summed E-state index contributed by atoms with van der Waals surface area (Å²) in [6.45, 7) is 4.98. The first-order valence-corrected chi connectivity index (χ1v) is 21.3. The van der Waals surface area contributed by atoms with Gasteiger partial charge in [-0.3, -0.25) is 0 Å². The molecule has 2 heterocycles. The van der Waals surface area contributed by atoms with Gasteiger partial charge in [0, 0.05) is 16.5 Å².